The average Bonchev–Trinajstić information content (AvgIpc) is 3.33. The lowest BCUT2D eigenvalue weighted by Gasteiger charge is -2.25. The number of likely N-dealkylation sites (tertiary alicyclic amines) is 1. The standard InChI is InChI=1S/C22H25FN6/c1-4-15-9-16(21(11-24)29-8-7-17(23)13-29)5-6-19(15)28(3)22-10-20-18(12-25-22)26-14-27(20)2/h5-6,9-10,12,14,17,21H,4,7-8,13H2,1-3H3/t17-,21?/m1/s1. The molecule has 1 fully saturated rings. The largest absolute Gasteiger partial charge is 0.334 e. The Morgan fingerprint density at radius 2 is 2.17 bits per heavy atom. The van der Waals surface area contributed by atoms with Gasteiger partial charge in [0.05, 0.1) is 24.1 Å². The van der Waals surface area contributed by atoms with Crippen LogP contribution >= 0.6 is 0 Å². The predicted molar refractivity (Wildman–Crippen MR) is 112 cm³/mol. The molecule has 7 heteroatoms. The number of hydrogen-bond donors (Lipinski definition) is 0. The predicted octanol–water partition coefficient (Wildman–Crippen LogP) is 3.91. The van der Waals surface area contributed by atoms with Crippen molar-refractivity contribution in [3.8, 4) is 6.07 Å². The normalized spacial score (nSPS) is 18.1. The third-order valence-electron chi connectivity index (χ3n) is 5.75. The summed E-state index contributed by atoms with van der Waals surface area (Å²) in [5, 5.41) is 9.71. The van der Waals surface area contributed by atoms with E-state index in [2.05, 4.69) is 33.9 Å². The Balaban J connectivity index is 1.66. The molecule has 3 heterocycles. The van der Waals surface area contributed by atoms with Crippen molar-refractivity contribution in [2.24, 2.45) is 7.05 Å². The van der Waals surface area contributed by atoms with Gasteiger partial charge in [0.2, 0.25) is 0 Å². The maximum Gasteiger partial charge on any atom is 0.134 e. The number of pyridine rings is 1. The van der Waals surface area contributed by atoms with Gasteiger partial charge in [0.25, 0.3) is 0 Å². The molecule has 2 atom stereocenters. The second-order valence-electron chi connectivity index (χ2n) is 7.60. The van der Waals surface area contributed by atoms with E-state index in [1.165, 1.54) is 0 Å². The second kappa shape index (κ2) is 7.80. The number of imidazole rings is 1. The van der Waals surface area contributed by atoms with Crippen LogP contribution in [0.4, 0.5) is 15.9 Å². The zero-order valence-electron chi connectivity index (χ0n) is 17.0. The van der Waals surface area contributed by atoms with Crippen molar-refractivity contribution in [1.82, 2.24) is 19.4 Å². The van der Waals surface area contributed by atoms with E-state index >= 15 is 0 Å². The molecule has 1 aliphatic heterocycles. The highest BCUT2D eigenvalue weighted by Crippen LogP contribution is 2.32. The summed E-state index contributed by atoms with van der Waals surface area (Å²) in [7, 11) is 3.96. The van der Waals surface area contributed by atoms with Crippen molar-refractivity contribution < 1.29 is 4.39 Å². The number of alkyl halides is 1. The van der Waals surface area contributed by atoms with Gasteiger partial charge in [-0.3, -0.25) is 4.90 Å². The van der Waals surface area contributed by atoms with Gasteiger partial charge in [-0.1, -0.05) is 19.1 Å². The number of nitrogens with zero attached hydrogens (tertiary/aromatic N) is 6. The van der Waals surface area contributed by atoms with E-state index in [-0.39, 0.29) is 0 Å². The van der Waals surface area contributed by atoms with Crippen molar-refractivity contribution in [3.63, 3.8) is 0 Å². The van der Waals surface area contributed by atoms with E-state index < -0.39 is 12.2 Å². The molecule has 0 spiro atoms. The number of fused-ring (bicyclic) bond motifs is 1. The minimum Gasteiger partial charge on any atom is -0.334 e. The highest BCUT2D eigenvalue weighted by Gasteiger charge is 2.29. The summed E-state index contributed by atoms with van der Waals surface area (Å²) < 4.78 is 15.6. The Labute approximate surface area is 170 Å². The van der Waals surface area contributed by atoms with Gasteiger partial charge in [-0.05, 0) is 30.0 Å². The van der Waals surface area contributed by atoms with E-state index in [9.17, 15) is 9.65 Å². The van der Waals surface area contributed by atoms with Gasteiger partial charge in [-0.2, -0.15) is 5.26 Å². The summed E-state index contributed by atoms with van der Waals surface area (Å²) >= 11 is 0. The molecular weight excluding hydrogens is 367 g/mol. The molecule has 1 aromatic carbocycles. The Bertz CT molecular complexity index is 1070. The van der Waals surface area contributed by atoms with E-state index in [0.29, 0.717) is 19.5 Å². The molecule has 0 N–H and O–H groups in total. The monoisotopic (exact) mass is 392 g/mol. The fourth-order valence-electron chi connectivity index (χ4n) is 4.06. The summed E-state index contributed by atoms with van der Waals surface area (Å²) in [6, 6.07) is 10.1. The van der Waals surface area contributed by atoms with Crippen LogP contribution in [0.3, 0.4) is 0 Å². The van der Waals surface area contributed by atoms with Gasteiger partial charge in [0, 0.05) is 38.9 Å². The number of anilines is 2. The van der Waals surface area contributed by atoms with Crippen LogP contribution in [0.2, 0.25) is 0 Å². The molecule has 0 radical (unpaired) electrons. The summed E-state index contributed by atoms with van der Waals surface area (Å²) in [5.74, 6) is 0.834. The lowest BCUT2D eigenvalue weighted by atomic mass is 10.00. The molecule has 6 nitrogen and oxygen atoms in total. The second-order valence-corrected chi connectivity index (χ2v) is 7.60. The number of nitriles is 1. The Morgan fingerprint density at radius 1 is 1.34 bits per heavy atom. The van der Waals surface area contributed by atoms with Crippen molar-refractivity contribution in [3.05, 3.63) is 47.9 Å². The minimum absolute atomic E-state index is 0.329. The van der Waals surface area contributed by atoms with Gasteiger partial charge >= 0.3 is 0 Å². The van der Waals surface area contributed by atoms with E-state index in [0.717, 1.165) is 40.1 Å². The summed E-state index contributed by atoms with van der Waals surface area (Å²) in [6.45, 7) is 3.05. The number of halogens is 1. The third kappa shape index (κ3) is 3.56. The first kappa shape index (κ1) is 19.3. The van der Waals surface area contributed by atoms with Crippen LogP contribution in [0, 0.1) is 11.3 Å². The molecular formula is C22H25FN6. The first-order valence-corrected chi connectivity index (χ1v) is 9.93. The highest BCUT2D eigenvalue weighted by molar-refractivity contribution is 5.79. The van der Waals surface area contributed by atoms with Crippen LogP contribution in [-0.4, -0.2) is 45.7 Å². The summed E-state index contributed by atoms with van der Waals surface area (Å²) in [5.41, 5.74) is 4.99. The molecule has 150 valence electrons. The van der Waals surface area contributed by atoms with Crippen LogP contribution in [0.1, 0.15) is 30.5 Å². The number of benzene rings is 1. The molecule has 0 aliphatic carbocycles. The highest BCUT2D eigenvalue weighted by atomic mass is 19.1. The van der Waals surface area contributed by atoms with Gasteiger partial charge in [0.15, 0.2) is 0 Å². The molecule has 4 rings (SSSR count). The van der Waals surface area contributed by atoms with Crippen molar-refractivity contribution in [2.45, 2.75) is 32.0 Å². The van der Waals surface area contributed by atoms with E-state index in [1.807, 2.05) is 41.8 Å². The fraction of sp³-hybridized carbons (Fsp3) is 0.409. The van der Waals surface area contributed by atoms with Gasteiger partial charge in [-0.25, -0.2) is 14.4 Å². The molecule has 3 aromatic rings. The van der Waals surface area contributed by atoms with E-state index in [1.54, 1.807) is 12.5 Å². The van der Waals surface area contributed by atoms with Gasteiger partial charge in [0.1, 0.15) is 23.5 Å². The van der Waals surface area contributed by atoms with Crippen molar-refractivity contribution in [1.29, 1.82) is 5.26 Å². The number of hydrogen-bond acceptors (Lipinski definition) is 5. The van der Waals surface area contributed by atoms with Crippen LogP contribution in [0.5, 0.6) is 0 Å². The maximum absolute atomic E-state index is 13.6. The molecule has 29 heavy (non-hydrogen) atoms. The molecule has 2 aromatic heterocycles. The van der Waals surface area contributed by atoms with Crippen LogP contribution in [0.15, 0.2) is 36.8 Å². The maximum atomic E-state index is 13.6. The quantitative estimate of drug-likeness (QED) is 0.659. The topological polar surface area (TPSA) is 61.0 Å². The Hall–Kier alpha value is -2.98. The molecule has 1 aliphatic rings. The van der Waals surface area contributed by atoms with Crippen LogP contribution in [0.25, 0.3) is 11.0 Å². The third-order valence-corrected chi connectivity index (χ3v) is 5.75. The summed E-state index contributed by atoms with van der Waals surface area (Å²) in [6.07, 6.45) is 4.06. The first-order valence-electron chi connectivity index (χ1n) is 9.93. The SMILES string of the molecule is CCc1cc(C(C#N)N2CC[C@@H](F)C2)ccc1N(C)c1cc2c(cn1)ncn2C. The molecule has 0 saturated carbocycles. The van der Waals surface area contributed by atoms with E-state index in [4.69, 9.17) is 0 Å². The molecule has 1 unspecified atom stereocenters. The smallest absolute Gasteiger partial charge is 0.134 e. The fourth-order valence-corrected chi connectivity index (χ4v) is 4.06. The van der Waals surface area contributed by atoms with Gasteiger partial charge in [-0.15, -0.1) is 0 Å². The zero-order chi connectivity index (χ0) is 20.5. The summed E-state index contributed by atoms with van der Waals surface area (Å²) in [4.78, 5) is 12.9. The van der Waals surface area contributed by atoms with Crippen LogP contribution < -0.4 is 4.90 Å². The number of aromatic nitrogens is 3. The molecule has 0 amide bonds. The average molecular weight is 392 g/mol. The van der Waals surface area contributed by atoms with Gasteiger partial charge < -0.3 is 9.47 Å². The Kier molecular flexibility index (Phi) is 5.20. The number of aryl methyl sites for hydroxylation is 2. The number of rotatable bonds is 5. The Morgan fingerprint density at radius 3 is 2.86 bits per heavy atom. The lowest BCUT2D eigenvalue weighted by Crippen LogP contribution is -2.26. The first-order chi connectivity index (χ1) is 14.0. The molecule has 1 saturated heterocycles. The zero-order valence-corrected chi connectivity index (χ0v) is 17.0. The minimum atomic E-state index is -0.838. The van der Waals surface area contributed by atoms with Crippen molar-refractivity contribution in [2.75, 3.05) is 25.0 Å². The van der Waals surface area contributed by atoms with Crippen LogP contribution in [-0.2, 0) is 13.5 Å². The lowest BCUT2D eigenvalue weighted by molar-refractivity contribution is 0.258. The molecule has 0 bridgehead atoms. The van der Waals surface area contributed by atoms with Crippen molar-refractivity contribution >= 4 is 22.5 Å².